The molecule has 0 amide bonds. The summed E-state index contributed by atoms with van der Waals surface area (Å²) in [7, 11) is 0. The second-order valence-corrected chi connectivity index (χ2v) is 5.25. The first kappa shape index (κ1) is 18.1. The van der Waals surface area contributed by atoms with E-state index >= 15 is 0 Å². The molecule has 10 N–H and O–H groups in total. The van der Waals surface area contributed by atoms with Gasteiger partial charge in [0, 0.05) is 0 Å². The van der Waals surface area contributed by atoms with E-state index in [1.165, 1.54) is 0 Å². The van der Waals surface area contributed by atoms with E-state index in [1.54, 1.807) is 0 Å². The standard InChI is InChI=1S/C9H17NO11/c1-4(8(17,18)5(11)12)2-10(9(19,20)21)6(13,14)3-7(10,15)16/h4,13-21H,2-3H2,1H3/p+1. The van der Waals surface area contributed by atoms with Crippen molar-refractivity contribution in [3.05, 3.63) is 0 Å². The Kier molecular flexibility index (Phi) is 3.91. The number of quaternary nitrogens is 1. The Bertz CT molecular complexity index is 406. The van der Waals surface area contributed by atoms with Crippen LogP contribution in [0, 0.1) is 5.92 Å². The predicted octanol–water partition coefficient (Wildman–Crippen LogP) is -5.53. The van der Waals surface area contributed by atoms with Crippen molar-refractivity contribution in [3.8, 4) is 0 Å². The highest BCUT2D eigenvalue weighted by Crippen LogP contribution is 2.52. The second kappa shape index (κ2) is 4.53. The Labute approximate surface area is 117 Å². The molecular weight excluding hydrogens is 298 g/mol. The third kappa shape index (κ3) is 2.31. The first-order valence-corrected chi connectivity index (χ1v) is 5.66. The van der Waals surface area contributed by atoms with E-state index in [4.69, 9.17) is 5.11 Å². The molecule has 0 saturated carbocycles. The second-order valence-electron chi connectivity index (χ2n) is 5.25. The van der Waals surface area contributed by atoms with Crippen LogP contribution in [-0.2, 0) is 4.79 Å². The minimum Gasteiger partial charge on any atom is -0.477 e. The number of rotatable bonds is 5. The van der Waals surface area contributed by atoms with Crippen molar-refractivity contribution in [2.75, 3.05) is 6.54 Å². The number of carboxylic acid groups (broad SMARTS) is 1. The molecular formula is C9H18NO11+. The van der Waals surface area contributed by atoms with E-state index in [-0.39, 0.29) is 0 Å². The molecule has 0 aliphatic carbocycles. The summed E-state index contributed by atoms with van der Waals surface area (Å²) in [6.07, 6.45) is -5.37. The van der Waals surface area contributed by atoms with Crippen molar-refractivity contribution >= 4 is 5.97 Å². The van der Waals surface area contributed by atoms with Gasteiger partial charge in [-0.05, 0) is 0 Å². The molecule has 12 heteroatoms. The monoisotopic (exact) mass is 316 g/mol. The number of carbonyl (C=O) groups is 1. The Hall–Kier alpha value is -0.930. The number of hydrogen-bond donors (Lipinski definition) is 10. The van der Waals surface area contributed by atoms with E-state index in [1.807, 2.05) is 0 Å². The number of nitrogens with zero attached hydrogens (tertiary/aromatic N) is 1. The van der Waals surface area contributed by atoms with E-state index in [0.717, 1.165) is 6.92 Å². The molecule has 21 heavy (non-hydrogen) atoms. The highest BCUT2D eigenvalue weighted by molar-refractivity contribution is 5.75. The quantitative estimate of drug-likeness (QED) is 0.170. The maximum absolute atomic E-state index is 10.7. The zero-order valence-electron chi connectivity index (χ0n) is 10.8. The van der Waals surface area contributed by atoms with Crippen molar-refractivity contribution in [1.29, 1.82) is 0 Å². The topological polar surface area (TPSA) is 219 Å². The highest BCUT2D eigenvalue weighted by Gasteiger charge is 2.84. The molecule has 0 aromatic carbocycles. The lowest BCUT2D eigenvalue weighted by molar-refractivity contribution is -1.23. The van der Waals surface area contributed by atoms with Gasteiger partial charge in [-0.15, -0.1) is 4.48 Å². The minimum atomic E-state index is -4.13. The minimum absolute atomic E-state index is 0.824. The van der Waals surface area contributed by atoms with Gasteiger partial charge >= 0.3 is 23.9 Å². The fraction of sp³-hybridized carbons (Fsp3) is 0.889. The first-order valence-electron chi connectivity index (χ1n) is 5.66. The lowest BCUT2D eigenvalue weighted by Crippen LogP contribution is -2.93. The molecule has 0 bridgehead atoms. The van der Waals surface area contributed by atoms with Crippen molar-refractivity contribution in [3.63, 3.8) is 0 Å². The number of carboxylic acids is 1. The van der Waals surface area contributed by atoms with Gasteiger partial charge in [-0.1, -0.05) is 6.92 Å². The SMILES string of the molecule is CC(C[N+]1(C(O)(O)O)C(O)(O)CC1(O)O)C(O)(O)C(=O)O. The Morgan fingerprint density at radius 1 is 1.10 bits per heavy atom. The molecule has 1 rings (SSSR count). The lowest BCUT2D eigenvalue weighted by atomic mass is 9.90. The number of hydrogen-bond acceptors (Lipinski definition) is 10. The van der Waals surface area contributed by atoms with Crippen molar-refractivity contribution in [1.82, 2.24) is 0 Å². The highest BCUT2D eigenvalue weighted by atomic mass is 16.8. The summed E-state index contributed by atoms with van der Waals surface area (Å²) in [6.45, 7) is -0.521. The first-order chi connectivity index (χ1) is 9.03. The van der Waals surface area contributed by atoms with Crippen LogP contribution in [0.1, 0.15) is 13.3 Å². The summed E-state index contributed by atoms with van der Waals surface area (Å²) in [4.78, 5) is 10.7. The molecule has 0 radical (unpaired) electrons. The number of likely N-dealkylation sites (tertiary alicyclic amines) is 1. The molecule has 0 aromatic rings. The van der Waals surface area contributed by atoms with Gasteiger partial charge in [-0.3, -0.25) is 15.3 Å². The number of aliphatic hydroxyl groups is 9. The van der Waals surface area contributed by atoms with Crippen LogP contribution in [-0.4, -0.2) is 91.8 Å². The molecule has 12 nitrogen and oxygen atoms in total. The van der Waals surface area contributed by atoms with E-state index in [9.17, 15) is 50.8 Å². The fourth-order valence-corrected chi connectivity index (χ4v) is 2.43. The molecule has 0 spiro atoms. The predicted molar refractivity (Wildman–Crippen MR) is 57.4 cm³/mol. The molecule has 1 unspecified atom stereocenters. The molecule has 1 heterocycles. The summed E-state index contributed by atoms with van der Waals surface area (Å²) in [5.41, 5.74) is 0. The summed E-state index contributed by atoms with van der Waals surface area (Å²) in [6, 6.07) is 0. The average molecular weight is 316 g/mol. The van der Waals surface area contributed by atoms with Gasteiger partial charge in [-0.2, -0.15) is 0 Å². The van der Waals surface area contributed by atoms with Gasteiger partial charge in [-0.25, -0.2) is 4.79 Å². The molecule has 1 saturated heterocycles. The van der Waals surface area contributed by atoms with Crippen LogP contribution in [0.25, 0.3) is 0 Å². The van der Waals surface area contributed by atoms with Crippen LogP contribution < -0.4 is 0 Å². The van der Waals surface area contributed by atoms with E-state index < -0.39 is 53.0 Å². The zero-order chi connectivity index (χ0) is 17.1. The van der Waals surface area contributed by atoms with Gasteiger partial charge in [0.25, 0.3) is 5.79 Å². The normalized spacial score (nSPS) is 25.0. The molecule has 1 fully saturated rings. The maximum Gasteiger partial charge on any atom is 0.450 e. The van der Waals surface area contributed by atoms with Crippen molar-refractivity contribution < 1.29 is 60.3 Å². The number of aliphatic carboxylic acids is 1. The van der Waals surface area contributed by atoms with Gasteiger partial charge in [0.15, 0.2) is 6.42 Å². The van der Waals surface area contributed by atoms with Gasteiger partial charge in [0.05, 0.1) is 5.92 Å². The molecule has 124 valence electrons. The van der Waals surface area contributed by atoms with Crippen LogP contribution >= 0.6 is 0 Å². The fourth-order valence-electron chi connectivity index (χ4n) is 2.43. The Morgan fingerprint density at radius 3 is 1.71 bits per heavy atom. The van der Waals surface area contributed by atoms with Crippen LogP contribution in [0.5, 0.6) is 0 Å². The van der Waals surface area contributed by atoms with Crippen LogP contribution in [0.4, 0.5) is 0 Å². The maximum atomic E-state index is 10.7. The van der Waals surface area contributed by atoms with E-state index in [2.05, 4.69) is 0 Å². The molecule has 1 aliphatic heterocycles. The summed E-state index contributed by atoms with van der Waals surface area (Å²) < 4.78 is -2.45. The van der Waals surface area contributed by atoms with E-state index in [0.29, 0.717) is 0 Å². The Morgan fingerprint density at radius 2 is 1.48 bits per heavy atom. The molecule has 1 aliphatic rings. The van der Waals surface area contributed by atoms with Crippen LogP contribution in [0.2, 0.25) is 0 Å². The van der Waals surface area contributed by atoms with Crippen molar-refractivity contribution in [2.45, 2.75) is 37.1 Å². The summed E-state index contributed by atoms with van der Waals surface area (Å²) in [5, 5.41) is 93.3. The van der Waals surface area contributed by atoms with Gasteiger partial charge in [0.2, 0.25) is 0 Å². The third-order valence-corrected chi connectivity index (χ3v) is 3.76. The average Bonchev–Trinajstić information content (AvgIpc) is 2.20. The van der Waals surface area contributed by atoms with Gasteiger partial charge in [0.1, 0.15) is 6.54 Å². The van der Waals surface area contributed by atoms with Crippen LogP contribution in [0.3, 0.4) is 0 Å². The zero-order valence-corrected chi connectivity index (χ0v) is 10.8. The van der Waals surface area contributed by atoms with Gasteiger partial charge < -0.3 is 35.7 Å². The smallest absolute Gasteiger partial charge is 0.450 e. The lowest BCUT2D eigenvalue weighted by Gasteiger charge is -2.62. The van der Waals surface area contributed by atoms with Crippen LogP contribution in [0.15, 0.2) is 0 Å². The molecule has 1 atom stereocenters. The van der Waals surface area contributed by atoms with Crippen molar-refractivity contribution in [2.24, 2.45) is 5.92 Å². The summed E-state index contributed by atoms with van der Waals surface area (Å²) >= 11 is 0. The Balaban J connectivity index is 3.29. The summed E-state index contributed by atoms with van der Waals surface area (Å²) in [5.74, 6) is -14.1. The largest absolute Gasteiger partial charge is 0.477 e. The molecule has 0 aromatic heterocycles. The third-order valence-electron chi connectivity index (χ3n) is 3.76.